The Balaban J connectivity index is 1.43. The van der Waals surface area contributed by atoms with Gasteiger partial charge in [-0.05, 0) is 60.2 Å². The molecule has 5 N–H and O–H groups in total. The van der Waals surface area contributed by atoms with Crippen LogP contribution in [0.2, 0.25) is 0 Å². The van der Waals surface area contributed by atoms with Crippen LogP contribution in [0.3, 0.4) is 0 Å². The number of nitrogens with one attached hydrogen (secondary N) is 4. The maximum Gasteiger partial charge on any atom is 0.267 e. The summed E-state index contributed by atoms with van der Waals surface area (Å²) in [6.45, 7) is 0. The van der Waals surface area contributed by atoms with Crippen molar-refractivity contribution < 1.29 is 19.4 Å². The van der Waals surface area contributed by atoms with Crippen LogP contribution in [0, 0.1) is 5.41 Å². The summed E-state index contributed by atoms with van der Waals surface area (Å²) in [7, 11) is 3.12. The number of nitrogens with zero attached hydrogens (tertiary/aromatic N) is 1. The lowest BCUT2D eigenvalue weighted by Gasteiger charge is -2.12. The molecule has 41 heavy (non-hydrogen) atoms. The smallest absolute Gasteiger partial charge is 0.267 e. The molecule has 0 radical (unpaired) electrons. The van der Waals surface area contributed by atoms with Crippen LogP contribution >= 0.6 is 11.3 Å². The van der Waals surface area contributed by atoms with Gasteiger partial charge in [0.2, 0.25) is 5.96 Å². The monoisotopic (exact) mass is 567 g/mol. The zero-order chi connectivity index (χ0) is 28.9. The number of hydrogen-bond acceptors (Lipinski definition) is 7. The van der Waals surface area contributed by atoms with Crippen LogP contribution in [0.4, 0.5) is 5.69 Å². The lowest BCUT2D eigenvalue weighted by molar-refractivity contribution is 0.0972. The number of fused-ring (bicyclic) bond motifs is 1. The van der Waals surface area contributed by atoms with E-state index in [1.165, 1.54) is 11.3 Å². The predicted molar refractivity (Wildman–Crippen MR) is 161 cm³/mol. The zero-order valence-corrected chi connectivity index (χ0v) is 22.8. The summed E-state index contributed by atoms with van der Waals surface area (Å²) < 4.78 is 10.4. The highest BCUT2D eigenvalue weighted by atomic mass is 32.1. The Morgan fingerprint density at radius 3 is 2.22 bits per heavy atom. The van der Waals surface area contributed by atoms with Crippen molar-refractivity contribution in [2.45, 2.75) is 0 Å². The van der Waals surface area contributed by atoms with Crippen LogP contribution in [0.25, 0.3) is 20.7 Å². The second kappa shape index (κ2) is 11.8. The normalized spacial score (nSPS) is 11.2. The molecule has 3 aromatic carbocycles. The van der Waals surface area contributed by atoms with Crippen LogP contribution in [-0.4, -0.2) is 42.0 Å². The van der Waals surface area contributed by atoms with Gasteiger partial charge in [-0.25, -0.2) is 0 Å². The molecule has 2 aromatic heterocycles. The van der Waals surface area contributed by atoms with Crippen LogP contribution < -0.4 is 25.7 Å². The Morgan fingerprint density at radius 1 is 0.951 bits per heavy atom. The van der Waals surface area contributed by atoms with Crippen LogP contribution in [0.5, 0.6) is 17.2 Å². The molecular weight excluding hydrogens is 542 g/mol. The number of aromatic hydroxyl groups is 1. The third kappa shape index (κ3) is 5.94. The first-order chi connectivity index (χ1) is 19.9. The molecule has 5 rings (SSSR count). The first kappa shape index (κ1) is 27.2. The average molecular weight is 568 g/mol. The minimum Gasteiger partial charge on any atom is -0.506 e. The van der Waals surface area contributed by atoms with E-state index in [1.54, 1.807) is 68.8 Å². The molecule has 0 aliphatic carbocycles. The number of carbonyl (C=O) groups excluding carboxylic acids is 1. The number of benzene rings is 3. The van der Waals surface area contributed by atoms with Gasteiger partial charge in [0.25, 0.3) is 11.5 Å². The van der Waals surface area contributed by atoms with E-state index in [2.05, 4.69) is 20.6 Å². The third-order valence-corrected chi connectivity index (χ3v) is 7.23. The summed E-state index contributed by atoms with van der Waals surface area (Å²) in [6.07, 6.45) is 0. The second-order valence-electron chi connectivity index (χ2n) is 8.74. The number of carbonyl (C=O) groups is 1. The third-order valence-electron chi connectivity index (χ3n) is 6.14. The van der Waals surface area contributed by atoms with Crippen molar-refractivity contribution in [1.29, 1.82) is 5.41 Å². The van der Waals surface area contributed by atoms with Crippen molar-refractivity contribution in [1.82, 2.24) is 10.3 Å². The first-order valence-electron chi connectivity index (χ1n) is 12.3. The quantitative estimate of drug-likeness (QED) is 0.141. The van der Waals surface area contributed by atoms with Crippen molar-refractivity contribution in [2.75, 3.05) is 19.5 Å². The summed E-state index contributed by atoms with van der Waals surface area (Å²) in [6, 6.07) is 25.2. The lowest BCUT2D eigenvalue weighted by atomic mass is 10.1. The van der Waals surface area contributed by atoms with E-state index in [9.17, 15) is 14.7 Å². The van der Waals surface area contributed by atoms with Gasteiger partial charge in [0.05, 0.1) is 19.6 Å². The maximum absolute atomic E-state index is 13.1. The van der Waals surface area contributed by atoms with E-state index < -0.39 is 28.7 Å². The number of aromatic nitrogens is 1. The minimum atomic E-state index is -0.967. The number of amidine groups is 1. The molecule has 0 unspecified atom stereocenters. The number of hydrogen-bond donors (Lipinski definition) is 5. The fourth-order valence-electron chi connectivity index (χ4n) is 4.06. The Kier molecular flexibility index (Phi) is 7.79. The standard InChI is InChI=1S/C30H25N5O5S/c1-39-20-12-8-18(9-13-20)26(32-19-10-14-21(40-2)15-11-19)33-30(31)35-28(38)24-25(36)22-16-23(17-6-4-3-5-7-17)41-29(22)34-27(24)37/h3-16H,1-2H3,(H2,34,36,37)(H3,31,32,33,35,38). The van der Waals surface area contributed by atoms with E-state index in [0.717, 1.165) is 10.4 Å². The Morgan fingerprint density at radius 2 is 1.59 bits per heavy atom. The summed E-state index contributed by atoms with van der Waals surface area (Å²) >= 11 is 1.29. The van der Waals surface area contributed by atoms with Gasteiger partial charge in [0.15, 0.2) is 0 Å². The predicted octanol–water partition coefficient (Wildman–Crippen LogP) is 5.20. The molecule has 0 bridgehead atoms. The van der Waals surface area contributed by atoms with E-state index >= 15 is 0 Å². The number of aromatic amines is 1. The highest BCUT2D eigenvalue weighted by Gasteiger charge is 2.22. The van der Waals surface area contributed by atoms with Gasteiger partial charge >= 0.3 is 0 Å². The van der Waals surface area contributed by atoms with Gasteiger partial charge in [0.1, 0.15) is 33.5 Å². The van der Waals surface area contributed by atoms with Gasteiger partial charge < -0.3 is 24.9 Å². The number of aliphatic imine (C=N–C) groups is 1. The molecule has 10 nitrogen and oxygen atoms in total. The topological polar surface area (TPSA) is 149 Å². The molecule has 0 saturated heterocycles. The number of ether oxygens (including phenoxy) is 2. The molecule has 0 atom stereocenters. The molecule has 11 heteroatoms. The summed E-state index contributed by atoms with van der Waals surface area (Å²) in [4.78, 5) is 34.1. The minimum absolute atomic E-state index is 0.252. The van der Waals surface area contributed by atoms with E-state index in [1.807, 2.05) is 30.3 Å². The Hall–Kier alpha value is -5.42. The molecule has 1 amide bonds. The molecular formula is C30H25N5O5S. The highest BCUT2D eigenvalue weighted by Crippen LogP contribution is 2.36. The maximum atomic E-state index is 13.1. The molecule has 0 fully saturated rings. The van der Waals surface area contributed by atoms with Gasteiger partial charge in [-0.15, -0.1) is 11.3 Å². The number of pyridine rings is 1. The molecule has 2 heterocycles. The molecule has 206 valence electrons. The van der Waals surface area contributed by atoms with Crippen molar-refractivity contribution in [3.8, 4) is 27.7 Å². The fraction of sp³-hybridized carbons (Fsp3) is 0.0667. The van der Waals surface area contributed by atoms with Gasteiger partial charge in [-0.1, -0.05) is 30.3 Å². The van der Waals surface area contributed by atoms with Crippen LogP contribution in [0.1, 0.15) is 15.9 Å². The van der Waals surface area contributed by atoms with Crippen molar-refractivity contribution >= 4 is 44.9 Å². The molecule has 0 aliphatic heterocycles. The molecule has 0 spiro atoms. The van der Waals surface area contributed by atoms with Crippen LogP contribution in [-0.2, 0) is 0 Å². The molecule has 0 aliphatic rings. The zero-order valence-electron chi connectivity index (χ0n) is 22.0. The van der Waals surface area contributed by atoms with Gasteiger partial charge in [0, 0.05) is 16.1 Å². The number of H-pyrrole nitrogens is 1. The van der Waals surface area contributed by atoms with E-state index in [-0.39, 0.29) is 5.84 Å². The Bertz CT molecular complexity index is 1810. The van der Waals surface area contributed by atoms with Crippen LogP contribution in [0.15, 0.2) is 94.7 Å². The second-order valence-corrected chi connectivity index (χ2v) is 9.79. The van der Waals surface area contributed by atoms with Gasteiger partial charge in [-0.2, -0.15) is 4.99 Å². The largest absolute Gasteiger partial charge is 0.506 e. The number of anilines is 1. The summed E-state index contributed by atoms with van der Waals surface area (Å²) in [5, 5.41) is 25.1. The number of amides is 1. The van der Waals surface area contributed by atoms with E-state index in [4.69, 9.17) is 14.9 Å². The number of rotatable bonds is 6. The molecule has 5 aromatic rings. The summed E-state index contributed by atoms with van der Waals surface area (Å²) in [5.74, 6) is -0.427. The number of guanidine groups is 1. The average Bonchev–Trinajstić information content (AvgIpc) is 3.42. The first-order valence-corrected chi connectivity index (χ1v) is 13.2. The number of methoxy groups -OCH3 is 2. The van der Waals surface area contributed by atoms with Crippen molar-refractivity contribution in [3.05, 3.63) is 106 Å². The fourth-order valence-corrected chi connectivity index (χ4v) is 5.12. The van der Waals surface area contributed by atoms with Gasteiger partial charge in [-0.3, -0.25) is 20.3 Å². The van der Waals surface area contributed by atoms with Crippen molar-refractivity contribution in [2.24, 2.45) is 4.99 Å². The SMILES string of the molecule is COc1ccc(NC(=NC(=N)NC(=O)c2c(O)c3cc(-c4ccccc4)sc3[nH]c2=O)c2ccc(OC)cc2)cc1. The summed E-state index contributed by atoms with van der Waals surface area (Å²) in [5.41, 5.74) is 0.882. The molecule has 0 saturated carbocycles. The number of thiophene rings is 1. The Labute approximate surface area is 238 Å². The van der Waals surface area contributed by atoms with Crippen molar-refractivity contribution in [3.63, 3.8) is 0 Å². The lowest BCUT2D eigenvalue weighted by Crippen LogP contribution is -2.34. The van der Waals surface area contributed by atoms with E-state index in [0.29, 0.717) is 33.0 Å². The highest BCUT2D eigenvalue weighted by molar-refractivity contribution is 7.21.